The van der Waals surface area contributed by atoms with Crippen LogP contribution in [0.25, 0.3) is 0 Å². The van der Waals surface area contributed by atoms with E-state index in [1.165, 1.54) is 57.3 Å². The lowest BCUT2D eigenvalue weighted by molar-refractivity contribution is 0.0730. The van der Waals surface area contributed by atoms with Crippen LogP contribution in [0.15, 0.2) is 46.2 Å². The number of ether oxygens (including phenoxy) is 1. The van der Waals surface area contributed by atoms with Gasteiger partial charge in [0.05, 0.1) is 23.7 Å². The third-order valence-electron chi connectivity index (χ3n) is 4.81. The molecule has 10 nitrogen and oxygen atoms in total. The molecule has 1 saturated heterocycles. The molecule has 1 aliphatic rings. The average molecular weight is 449 g/mol. The van der Waals surface area contributed by atoms with E-state index in [4.69, 9.17) is 4.74 Å². The van der Waals surface area contributed by atoms with Gasteiger partial charge in [-0.2, -0.15) is 4.31 Å². The first-order chi connectivity index (χ1) is 14.6. The molecule has 11 heteroatoms. The summed E-state index contributed by atoms with van der Waals surface area (Å²) < 4.78 is 33.1. The van der Waals surface area contributed by atoms with E-state index in [2.05, 4.69) is 5.32 Å². The van der Waals surface area contributed by atoms with Gasteiger partial charge in [0.2, 0.25) is 10.0 Å². The van der Waals surface area contributed by atoms with Crippen LogP contribution in [0.2, 0.25) is 0 Å². The SMILES string of the molecule is CN(C)C(=O)c1cc(NC(=O)c2ccc(S(=O)(=O)N3CCOCC3)cc2)c(=O)n(C)c1. The molecule has 0 atom stereocenters. The molecule has 1 aliphatic heterocycles. The third kappa shape index (κ3) is 4.84. The molecule has 2 aromatic rings. The van der Waals surface area contributed by atoms with Gasteiger partial charge in [0.1, 0.15) is 5.69 Å². The molecule has 2 heterocycles. The maximum absolute atomic E-state index is 12.7. The second-order valence-electron chi connectivity index (χ2n) is 7.25. The molecule has 2 amide bonds. The second-order valence-corrected chi connectivity index (χ2v) is 9.19. The van der Waals surface area contributed by atoms with E-state index in [-0.39, 0.29) is 40.7 Å². The molecule has 31 heavy (non-hydrogen) atoms. The van der Waals surface area contributed by atoms with Crippen LogP contribution in [0.4, 0.5) is 5.69 Å². The van der Waals surface area contributed by atoms with Crippen LogP contribution in [0.3, 0.4) is 0 Å². The maximum atomic E-state index is 12.7. The number of morpholine rings is 1. The van der Waals surface area contributed by atoms with Crippen molar-refractivity contribution in [1.29, 1.82) is 0 Å². The predicted octanol–water partition coefficient (Wildman–Crippen LogP) is 0.360. The standard InChI is InChI=1S/C20H24N4O6S/c1-22(2)19(26)15-12-17(20(27)23(3)13-15)21-18(25)14-4-6-16(7-5-14)31(28,29)24-8-10-30-11-9-24/h4-7,12-13H,8-11H2,1-3H3,(H,21,25). The van der Waals surface area contributed by atoms with Crippen molar-refractivity contribution < 1.29 is 22.7 Å². The number of nitrogens with zero attached hydrogens (tertiary/aromatic N) is 3. The van der Waals surface area contributed by atoms with E-state index in [1.807, 2.05) is 0 Å². The molecule has 0 radical (unpaired) electrons. The number of sulfonamides is 1. The number of amides is 2. The van der Waals surface area contributed by atoms with Crippen molar-refractivity contribution in [3.63, 3.8) is 0 Å². The van der Waals surface area contributed by atoms with Crippen LogP contribution in [-0.4, -0.2) is 74.4 Å². The van der Waals surface area contributed by atoms with E-state index < -0.39 is 21.5 Å². The normalized spacial score (nSPS) is 14.8. The summed E-state index contributed by atoms with van der Waals surface area (Å²) in [5.41, 5.74) is -0.109. The average Bonchev–Trinajstić information content (AvgIpc) is 2.76. The minimum atomic E-state index is -3.67. The predicted molar refractivity (Wildman–Crippen MR) is 114 cm³/mol. The van der Waals surface area contributed by atoms with E-state index in [1.54, 1.807) is 14.1 Å². The molecule has 1 N–H and O–H groups in total. The Morgan fingerprint density at radius 1 is 1.06 bits per heavy atom. The summed E-state index contributed by atoms with van der Waals surface area (Å²) in [5, 5.41) is 2.50. The zero-order chi connectivity index (χ0) is 22.8. The minimum absolute atomic E-state index is 0.0507. The second kappa shape index (κ2) is 9.00. The van der Waals surface area contributed by atoms with Gasteiger partial charge in [0.25, 0.3) is 17.4 Å². The van der Waals surface area contributed by atoms with E-state index in [9.17, 15) is 22.8 Å². The van der Waals surface area contributed by atoms with Gasteiger partial charge in [0.15, 0.2) is 0 Å². The number of nitrogens with one attached hydrogen (secondary N) is 1. The molecule has 0 bridgehead atoms. The summed E-state index contributed by atoms with van der Waals surface area (Å²) in [4.78, 5) is 38.6. The third-order valence-corrected chi connectivity index (χ3v) is 6.72. The fourth-order valence-electron chi connectivity index (χ4n) is 3.09. The fraction of sp³-hybridized carbons (Fsp3) is 0.350. The first-order valence-electron chi connectivity index (χ1n) is 9.53. The summed E-state index contributed by atoms with van der Waals surface area (Å²) in [7, 11) is 0.972. The Balaban J connectivity index is 1.81. The van der Waals surface area contributed by atoms with Crippen LogP contribution in [0, 0.1) is 0 Å². The molecule has 1 aromatic heterocycles. The smallest absolute Gasteiger partial charge is 0.274 e. The molecule has 166 valence electrons. The number of carbonyl (C=O) groups is 2. The van der Waals surface area contributed by atoms with Crippen molar-refractivity contribution in [3.8, 4) is 0 Å². The van der Waals surface area contributed by atoms with Crippen molar-refractivity contribution in [2.24, 2.45) is 7.05 Å². The van der Waals surface area contributed by atoms with Gasteiger partial charge in [-0.05, 0) is 30.3 Å². The van der Waals surface area contributed by atoms with Gasteiger partial charge in [-0.1, -0.05) is 0 Å². The van der Waals surface area contributed by atoms with Crippen molar-refractivity contribution >= 4 is 27.5 Å². The van der Waals surface area contributed by atoms with Gasteiger partial charge in [-0.25, -0.2) is 8.42 Å². The van der Waals surface area contributed by atoms with Crippen LogP contribution < -0.4 is 10.9 Å². The molecule has 0 aliphatic carbocycles. The summed E-state index contributed by atoms with van der Waals surface area (Å²) in [6, 6.07) is 6.78. The molecule has 0 spiro atoms. The molecule has 1 aromatic carbocycles. The van der Waals surface area contributed by atoms with Gasteiger partial charge >= 0.3 is 0 Å². The highest BCUT2D eigenvalue weighted by molar-refractivity contribution is 7.89. The van der Waals surface area contributed by atoms with Crippen LogP contribution >= 0.6 is 0 Å². The number of carbonyl (C=O) groups excluding carboxylic acids is 2. The molecule has 1 fully saturated rings. The summed E-state index contributed by atoms with van der Waals surface area (Å²) >= 11 is 0. The minimum Gasteiger partial charge on any atom is -0.379 e. The van der Waals surface area contributed by atoms with Crippen molar-refractivity contribution in [1.82, 2.24) is 13.8 Å². The highest BCUT2D eigenvalue weighted by atomic mass is 32.2. The monoisotopic (exact) mass is 448 g/mol. The van der Waals surface area contributed by atoms with E-state index >= 15 is 0 Å². The number of aryl methyl sites for hydroxylation is 1. The van der Waals surface area contributed by atoms with Gasteiger partial charge in [0, 0.05) is 46.0 Å². The Morgan fingerprint density at radius 2 is 1.68 bits per heavy atom. The number of rotatable bonds is 5. The largest absolute Gasteiger partial charge is 0.379 e. The summed E-state index contributed by atoms with van der Waals surface area (Å²) in [6.45, 7) is 1.22. The number of anilines is 1. The highest BCUT2D eigenvalue weighted by Crippen LogP contribution is 2.18. The maximum Gasteiger partial charge on any atom is 0.274 e. The Kier molecular flexibility index (Phi) is 6.58. The molecule has 0 unspecified atom stereocenters. The highest BCUT2D eigenvalue weighted by Gasteiger charge is 2.26. The lowest BCUT2D eigenvalue weighted by atomic mass is 10.2. The van der Waals surface area contributed by atoms with Crippen LogP contribution in [0.5, 0.6) is 0 Å². The zero-order valence-electron chi connectivity index (χ0n) is 17.5. The van der Waals surface area contributed by atoms with Crippen molar-refractivity contribution in [2.45, 2.75) is 4.90 Å². The number of benzene rings is 1. The summed E-state index contributed by atoms with van der Waals surface area (Å²) in [5.74, 6) is -0.911. The number of hydrogen-bond acceptors (Lipinski definition) is 6. The molecule has 0 saturated carbocycles. The Labute approximate surface area is 180 Å². The number of pyridine rings is 1. The lowest BCUT2D eigenvalue weighted by Crippen LogP contribution is -2.40. The van der Waals surface area contributed by atoms with E-state index in [0.717, 1.165) is 0 Å². The van der Waals surface area contributed by atoms with Gasteiger partial charge < -0.3 is 19.5 Å². The lowest BCUT2D eigenvalue weighted by Gasteiger charge is -2.26. The number of aromatic nitrogens is 1. The van der Waals surface area contributed by atoms with E-state index in [0.29, 0.717) is 13.2 Å². The van der Waals surface area contributed by atoms with Crippen LogP contribution in [-0.2, 0) is 21.8 Å². The number of hydrogen-bond donors (Lipinski definition) is 1. The topological polar surface area (TPSA) is 118 Å². The zero-order valence-corrected chi connectivity index (χ0v) is 18.3. The molecule has 3 rings (SSSR count). The van der Waals surface area contributed by atoms with Gasteiger partial charge in [-0.3, -0.25) is 14.4 Å². The van der Waals surface area contributed by atoms with Crippen molar-refractivity contribution in [2.75, 3.05) is 45.7 Å². The fourth-order valence-corrected chi connectivity index (χ4v) is 4.49. The summed E-state index contributed by atoms with van der Waals surface area (Å²) in [6.07, 6.45) is 1.39. The van der Waals surface area contributed by atoms with Gasteiger partial charge in [-0.15, -0.1) is 0 Å². The first-order valence-corrected chi connectivity index (χ1v) is 11.0. The van der Waals surface area contributed by atoms with Crippen molar-refractivity contribution in [3.05, 3.63) is 58.0 Å². The Morgan fingerprint density at radius 3 is 2.26 bits per heavy atom. The Bertz CT molecular complexity index is 1150. The Hall–Kier alpha value is -3.02. The molecular weight excluding hydrogens is 424 g/mol. The first kappa shape index (κ1) is 22.7. The molecular formula is C20H24N4O6S. The van der Waals surface area contributed by atoms with Crippen LogP contribution in [0.1, 0.15) is 20.7 Å². The quantitative estimate of drug-likeness (QED) is 0.706.